The predicted octanol–water partition coefficient (Wildman–Crippen LogP) is 7.22. The Kier molecular flexibility index (Phi) is 6.51. The minimum atomic E-state index is -2.79. The van der Waals surface area contributed by atoms with Gasteiger partial charge in [0.2, 0.25) is 0 Å². The Morgan fingerprint density at radius 3 is 1.59 bits per heavy atom. The number of fused-ring (bicyclic) bond motifs is 3. The summed E-state index contributed by atoms with van der Waals surface area (Å²) in [6, 6.07) is 63.7. The molecule has 0 saturated carbocycles. The number of rotatable bonds is 6. The van der Waals surface area contributed by atoms with Gasteiger partial charge in [0.05, 0.1) is 16.7 Å². The SMILES string of the molecule is c1ccc(-c2ccc([Si](c3ccccc3)(c3ccccc3)c3ccc4c5ccccc5n(-c5ccccc5)c4c3)cn2)cc1. The van der Waals surface area contributed by atoms with Gasteiger partial charge >= 0.3 is 0 Å². The highest BCUT2D eigenvalue weighted by atomic mass is 28.3. The topological polar surface area (TPSA) is 17.8 Å². The van der Waals surface area contributed by atoms with Crippen LogP contribution in [0.4, 0.5) is 0 Å². The van der Waals surface area contributed by atoms with Crippen LogP contribution in [0.15, 0.2) is 182 Å². The van der Waals surface area contributed by atoms with Gasteiger partial charge in [-0.1, -0.05) is 146 Å². The molecule has 8 rings (SSSR count). The Balaban J connectivity index is 1.46. The molecule has 0 bridgehead atoms. The van der Waals surface area contributed by atoms with Crippen molar-refractivity contribution in [3.63, 3.8) is 0 Å². The fourth-order valence-electron chi connectivity index (χ4n) is 6.83. The van der Waals surface area contributed by atoms with Crippen LogP contribution in [0, 0.1) is 0 Å². The van der Waals surface area contributed by atoms with Gasteiger partial charge in [0.1, 0.15) is 0 Å². The Labute approximate surface area is 258 Å². The molecule has 44 heavy (non-hydrogen) atoms. The molecule has 0 amide bonds. The fourth-order valence-corrected chi connectivity index (χ4v) is 11.5. The van der Waals surface area contributed by atoms with Gasteiger partial charge in [-0.3, -0.25) is 4.98 Å². The van der Waals surface area contributed by atoms with Crippen LogP contribution in [-0.4, -0.2) is 17.6 Å². The third kappa shape index (κ3) is 4.21. The summed E-state index contributed by atoms with van der Waals surface area (Å²) in [5.74, 6) is 0. The molecular weight excluding hydrogens is 549 g/mol. The quantitative estimate of drug-likeness (QED) is 0.150. The fraction of sp³-hybridized carbons (Fsp3) is 0. The van der Waals surface area contributed by atoms with Crippen molar-refractivity contribution in [3.05, 3.63) is 182 Å². The maximum absolute atomic E-state index is 5.08. The summed E-state index contributed by atoms with van der Waals surface area (Å²) in [6.07, 6.45) is 2.13. The van der Waals surface area contributed by atoms with Crippen LogP contribution >= 0.6 is 0 Å². The van der Waals surface area contributed by atoms with Crippen LogP contribution in [0.3, 0.4) is 0 Å². The summed E-state index contributed by atoms with van der Waals surface area (Å²) in [5, 5.41) is 7.78. The monoisotopic (exact) mass is 578 g/mol. The molecule has 2 nitrogen and oxygen atoms in total. The molecule has 6 aromatic carbocycles. The summed E-state index contributed by atoms with van der Waals surface area (Å²) in [5.41, 5.74) is 5.70. The molecule has 208 valence electrons. The first kappa shape index (κ1) is 26.1. The van der Waals surface area contributed by atoms with E-state index in [1.165, 1.54) is 42.6 Å². The van der Waals surface area contributed by atoms with E-state index >= 15 is 0 Å². The largest absolute Gasteiger partial charge is 0.309 e. The second-order valence-electron chi connectivity index (χ2n) is 11.2. The lowest BCUT2D eigenvalue weighted by Gasteiger charge is -2.34. The van der Waals surface area contributed by atoms with E-state index in [4.69, 9.17) is 4.98 Å². The summed E-state index contributed by atoms with van der Waals surface area (Å²) < 4.78 is 2.42. The highest BCUT2D eigenvalue weighted by Gasteiger charge is 2.42. The van der Waals surface area contributed by atoms with E-state index in [-0.39, 0.29) is 0 Å². The molecular formula is C41H30N2Si. The van der Waals surface area contributed by atoms with Crippen molar-refractivity contribution in [3.8, 4) is 16.9 Å². The van der Waals surface area contributed by atoms with E-state index in [9.17, 15) is 0 Å². The van der Waals surface area contributed by atoms with Gasteiger partial charge in [-0.2, -0.15) is 0 Å². The average molecular weight is 579 g/mol. The van der Waals surface area contributed by atoms with Gasteiger partial charge in [-0.25, -0.2) is 0 Å². The molecule has 0 saturated heterocycles. The van der Waals surface area contributed by atoms with Crippen LogP contribution in [-0.2, 0) is 0 Å². The van der Waals surface area contributed by atoms with Crippen molar-refractivity contribution >= 4 is 50.6 Å². The van der Waals surface area contributed by atoms with Gasteiger partial charge in [0, 0.05) is 28.2 Å². The number of nitrogens with zero attached hydrogens (tertiary/aromatic N) is 2. The first-order valence-corrected chi connectivity index (χ1v) is 17.1. The number of hydrogen-bond acceptors (Lipinski definition) is 1. The van der Waals surface area contributed by atoms with E-state index < -0.39 is 8.07 Å². The lowest BCUT2D eigenvalue weighted by atomic mass is 10.1. The van der Waals surface area contributed by atoms with Crippen molar-refractivity contribution in [2.45, 2.75) is 0 Å². The second kappa shape index (κ2) is 11.0. The van der Waals surface area contributed by atoms with Gasteiger partial charge in [0.25, 0.3) is 0 Å². The minimum Gasteiger partial charge on any atom is -0.309 e. The van der Waals surface area contributed by atoms with Crippen LogP contribution < -0.4 is 20.7 Å². The van der Waals surface area contributed by atoms with Gasteiger partial charge < -0.3 is 4.57 Å². The third-order valence-corrected chi connectivity index (χ3v) is 13.5. The maximum Gasteiger partial charge on any atom is 0.181 e. The highest BCUT2D eigenvalue weighted by molar-refractivity contribution is 7.19. The first-order chi connectivity index (χ1) is 21.8. The molecule has 0 aliphatic heterocycles. The molecule has 8 aromatic rings. The zero-order chi connectivity index (χ0) is 29.3. The van der Waals surface area contributed by atoms with Crippen molar-refractivity contribution in [1.82, 2.24) is 9.55 Å². The van der Waals surface area contributed by atoms with Crippen LogP contribution in [0.25, 0.3) is 38.8 Å². The van der Waals surface area contributed by atoms with Crippen molar-refractivity contribution < 1.29 is 0 Å². The molecule has 0 atom stereocenters. The molecule has 0 fully saturated rings. The second-order valence-corrected chi connectivity index (χ2v) is 15.0. The van der Waals surface area contributed by atoms with E-state index in [1.54, 1.807) is 0 Å². The van der Waals surface area contributed by atoms with E-state index in [2.05, 4.69) is 181 Å². The standard InChI is InChI=1S/C41H30N2Si/c1-5-15-31(16-6-1)39-28-26-36(30-42-39)44(33-19-9-3-10-20-33,34-21-11-4-12-22-34)35-25-27-38-37-23-13-14-24-40(37)43(41(38)29-35)32-17-7-2-8-18-32/h1-30H. The lowest BCUT2D eigenvalue weighted by Crippen LogP contribution is -2.74. The summed E-state index contributed by atoms with van der Waals surface area (Å²) in [4.78, 5) is 5.08. The number of pyridine rings is 1. The molecule has 0 aliphatic carbocycles. The molecule has 0 N–H and O–H groups in total. The van der Waals surface area contributed by atoms with Gasteiger partial charge in [0.15, 0.2) is 8.07 Å². The number of aromatic nitrogens is 2. The molecule has 0 aliphatic rings. The van der Waals surface area contributed by atoms with E-state index in [1.807, 2.05) is 6.07 Å². The first-order valence-electron chi connectivity index (χ1n) is 15.1. The molecule has 2 heterocycles. The van der Waals surface area contributed by atoms with Crippen molar-refractivity contribution in [1.29, 1.82) is 0 Å². The summed E-state index contributed by atoms with van der Waals surface area (Å²) in [6.45, 7) is 0. The normalized spacial score (nSPS) is 11.6. The number of hydrogen-bond donors (Lipinski definition) is 0. The van der Waals surface area contributed by atoms with E-state index in [0.29, 0.717) is 0 Å². The highest BCUT2D eigenvalue weighted by Crippen LogP contribution is 2.32. The van der Waals surface area contributed by atoms with Crippen LogP contribution in [0.1, 0.15) is 0 Å². The van der Waals surface area contributed by atoms with Gasteiger partial charge in [-0.15, -0.1) is 0 Å². The smallest absolute Gasteiger partial charge is 0.181 e. The molecule has 3 heteroatoms. The molecule has 0 spiro atoms. The zero-order valence-corrected chi connectivity index (χ0v) is 25.2. The van der Waals surface area contributed by atoms with Crippen molar-refractivity contribution in [2.75, 3.05) is 0 Å². The molecule has 0 radical (unpaired) electrons. The third-order valence-electron chi connectivity index (χ3n) is 8.80. The lowest BCUT2D eigenvalue weighted by molar-refractivity contribution is 1.18. The Morgan fingerprint density at radius 1 is 0.409 bits per heavy atom. The Bertz CT molecular complexity index is 2150. The number of para-hydroxylation sites is 2. The predicted molar refractivity (Wildman–Crippen MR) is 188 cm³/mol. The zero-order valence-electron chi connectivity index (χ0n) is 24.2. The van der Waals surface area contributed by atoms with E-state index in [0.717, 1.165) is 16.9 Å². The van der Waals surface area contributed by atoms with Gasteiger partial charge in [-0.05, 0) is 51.1 Å². The minimum absolute atomic E-state index is 0.984. The summed E-state index contributed by atoms with van der Waals surface area (Å²) >= 11 is 0. The van der Waals surface area contributed by atoms with Crippen LogP contribution in [0.5, 0.6) is 0 Å². The van der Waals surface area contributed by atoms with Crippen molar-refractivity contribution in [2.24, 2.45) is 0 Å². The number of benzene rings is 6. The Hall–Kier alpha value is -5.51. The average Bonchev–Trinajstić information content (AvgIpc) is 3.44. The Morgan fingerprint density at radius 2 is 0.955 bits per heavy atom. The molecule has 0 unspecified atom stereocenters. The van der Waals surface area contributed by atoms with Crippen LogP contribution in [0.2, 0.25) is 0 Å². The summed E-state index contributed by atoms with van der Waals surface area (Å²) in [7, 11) is -2.79. The molecule has 2 aromatic heterocycles. The maximum atomic E-state index is 5.08.